The second-order valence-electron chi connectivity index (χ2n) is 4.74. The van der Waals surface area contributed by atoms with Crippen molar-refractivity contribution in [2.75, 3.05) is 32.8 Å². The average molecular weight is 249 g/mol. The third-order valence-corrected chi connectivity index (χ3v) is 3.29. The normalized spacial score (nSPS) is 18.3. The lowest BCUT2D eigenvalue weighted by molar-refractivity contribution is -0.900. The summed E-state index contributed by atoms with van der Waals surface area (Å²) in [6, 6.07) is 10.1. The van der Waals surface area contributed by atoms with Gasteiger partial charge in [0.05, 0.1) is 19.3 Å². The first-order chi connectivity index (χ1) is 8.75. The summed E-state index contributed by atoms with van der Waals surface area (Å²) < 4.78 is 5.28. The topological polar surface area (TPSA) is 42.8 Å². The number of nitrogens with one attached hydrogen (secondary N) is 2. The molecule has 2 N–H and O–H groups in total. The van der Waals surface area contributed by atoms with Crippen molar-refractivity contribution >= 4 is 5.91 Å². The predicted octanol–water partition coefficient (Wildman–Crippen LogP) is -0.221. The molecule has 1 aliphatic heterocycles. The van der Waals surface area contributed by atoms with E-state index in [1.807, 2.05) is 37.3 Å². The largest absolute Gasteiger partial charge is 0.370 e. The second kappa shape index (κ2) is 6.52. The summed E-state index contributed by atoms with van der Waals surface area (Å²) in [4.78, 5) is 13.2. The number of amides is 1. The van der Waals surface area contributed by atoms with Crippen molar-refractivity contribution in [2.45, 2.75) is 13.0 Å². The molecular formula is C14H21N2O2+. The molecule has 0 bridgehead atoms. The van der Waals surface area contributed by atoms with Gasteiger partial charge in [0.15, 0.2) is 6.54 Å². The van der Waals surface area contributed by atoms with E-state index in [0.717, 1.165) is 31.9 Å². The minimum Gasteiger partial charge on any atom is -0.370 e. The van der Waals surface area contributed by atoms with Crippen LogP contribution in [0.5, 0.6) is 0 Å². The molecule has 98 valence electrons. The first kappa shape index (κ1) is 13.1. The fourth-order valence-electron chi connectivity index (χ4n) is 2.18. The number of quaternary nitrogens is 1. The molecule has 1 saturated heterocycles. The fraction of sp³-hybridized carbons (Fsp3) is 0.500. The van der Waals surface area contributed by atoms with E-state index in [1.165, 1.54) is 4.90 Å². The van der Waals surface area contributed by atoms with Gasteiger partial charge in [-0.05, 0) is 12.5 Å². The monoisotopic (exact) mass is 249 g/mol. The number of hydrogen-bond donors (Lipinski definition) is 2. The Hall–Kier alpha value is -1.39. The molecule has 18 heavy (non-hydrogen) atoms. The van der Waals surface area contributed by atoms with Crippen LogP contribution in [-0.4, -0.2) is 38.8 Å². The second-order valence-corrected chi connectivity index (χ2v) is 4.74. The lowest BCUT2D eigenvalue weighted by Gasteiger charge is -2.24. The van der Waals surface area contributed by atoms with E-state index < -0.39 is 0 Å². The van der Waals surface area contributed by atoms with Crippen molar-refractivity contribution in [3.8, 4) is 0 Å². The van der Waals surface area contributed by atoms with E-state index in [-0.39, 0.29) is 11.9 Å². The van der Waals surface area contributed by atoms with Crippen LogP contribution in [0.2, 0.25) is 0 Å². The van der Waals surface area contributed by atoms with Gasteiger partial charge in [0.25, 0.3) is 5.91 Å². The first-order valence-electron chi connectivity index (χ1n) is 6.51. The molecule has 1 atom stereocenters. The van der Waals surface area contributed by atoms with Gasteiger partial charge < -0.3 is 15.0 Å². The molecule has 0 aromatic heterocycles. The molecule has 1 heterocycles. The molecule has 1 aromatic carbocycles. The van der Waals surface area contributed by atoms with E-state index >= 15 is 0 Å². The van der Waals surface area contributed by atoms with E-state index in [0.29, 0.717) is 6.54 Å². The zero-order valence-electron chi connectivity index (χ0n) is 10.8. The Morgan fingerprint density at radius 1 is 1.33 bits per heavy atom. The van der Waals surface area contributed by atoms with Crippen LogP contribution in [0.1, 0.15) is 18.5 Å². The van der Waals surface area contributed by atoms with Crippen LogP contribution >= 0.6 is 0 Å². The fourth-order valence-corrected chi connectivity index (χ4v) is 2.18. The number of hydrogen-bond acceptors (Lipinski definition) is 2. The van der Waals surface area contributed by atoms with Crippen molar-refractivity contribution < 1.29 is 14.4 Å². The maximum absolute atomic E-state index is 11.9. The van der Waals surface area contributed by atoms with Crippen LogP contribution in [0, 0.1) is 0 Å². The molecule has 0 unspecified atom stereocenters. The molecule has 1 amide bonds. The standard InChI is InChI=1S/C14H20N2O2/c1-12(13-5-3-2-4-6-13)15-14(17)11-16-7-9-18-10-8-16/h2-6,12H,7-11H2,1H3,(H,15,17)/p+1/t12-/m1/s1. The van der Waals surface area contributed by atoms with Gasteiger partial charge in [-0.25, -0.2) is 0 Å². The zero-order chi connectivity index (χ0) is 12.8. The quantitative estimate of drug-likeness (QED) is 0.775. The number of carbonyl (C=O) groups excluding carboxylic acids is 1. The van der Waals surface area contributed by atoms with Crippen LogP contribution in [0.15, 0.2) is 30.3 Å². The van der Waals surface area contributed by atoms with Crippen LogP contribution in [0.3, 0.4) is 0 Å². The van der Waals surface area contributed by atoms with Gasteiger partial charge in [0.1, 0.15) is 13.1 Å². The molecule has 0 spiro atoms. The average Bonchev–Trinajstić information content (AvgIpc) is 2.40. The Labute approximate surface area is 108 Å². The van der Waals surface area contributed by atoms with Crippen LogP contribution in [0.4, 0.5) is 0 Å². The van der Waals surface area contributed by atoms with E-state index in [9.17, 15) is 4.79 Å². The van der Waals surface area contributed by atoms with Crippen molar-refractivity contribution in [1.29, 1.82) is 0 Å². The molecule has 2 rings (SSSR count). The van der Waals surface area contributed by atoms with Gasteiger partial charge in [-0.1, -0.05) is 30.3 Å². The Kier molecular flexibility index (Phi) is 4.73. The Bertz CT molecular complexity index is 375. The van der Waals surface area contributed by atoms with Gasteiger partial charge >= 0.3 is 0 Å². The Morgan fingerprint density at radius 3 is 2.67 bits per heavy atom. The molecule has 1 aromatic rings. The highest BCUT2D eigenvalue weighted by atomic mass is 16.5. The highest BCUT2D eigenvalue weighted by Crippen LogP contribution is 2.10. The number of morpholine rings is 1. The van der Waals surface area contributed by atoms with Gasteiger partial charge in [-0.3, -0.25) is 4.79 Å². The summed E-state index contributed by atoms with van der Waals surface area (Å²) in [6.07, 6.45) is 0. The molecular weight excluding hydrogens is 228 g/mol. The molecule has 0 saturated carbocycles. The molecule has 4 heteroatoms. The summed E-state index contributed by atoms with van der Waals surface area (Å²) in [6.45, 7) is 5.93. The first-order valence-corrected chi connectivity index (χ1v) is 6.51. The van der Waals surface area contributed by atoms with Gasteiger partial charge in [-0.2, -0.15) is 0 Å². The Morgan fingerprint density at radius 2 is 2.00 bits per heavy atom. The lowest BCUT2D eigenvalue weighted by Crippen LogP contribution is -3.15. The zero-order valence-corrected chi connectivity index (χ0v) is 10.8. The van der Waals surface area contributed by atoms with E-state index in [4.69, 9.17) is 4.74 Å². The summed E-state index contributed by atoms with van der Waals surface area (Å²) in [5, 5.41) is 3.04. The summed E-state index contributed by atoms with van der Waals surface area (Å²) in [7, 11) is 0. The maximum Gasteiger partial charge on any atom is 0.275 e. The van der Waals surface area contributed by atoms with Gasteiger partial charge in [0.2, 0.25) is 0 Å². The van der Waals surface area contributed by atoms with Gasteiger partial charge in [0, 0.05) is 0 Å². The summed E-state index contributed by atoms with van der Waals surface area (Å²) >= 11 is 0. The number of ether oxygens (including phenoxy) is 1. The highest BCUT2D eigenvalue weighted by molar-refractivity contribution is 5.77. The van der Waals surface area contributed by atoms with Crippen molar-refractivity contribution in [2.24, 2.45) is 0 Å². The smallest absolute Gasteiger partial charge is 0.275 e. The number of carbonyl (C=O) groups is 1. The molecule has 0 aliphatic carbocycles. The van der Waals surface area contributed by atoms with Crippen LogP contribution in [-0.2, 0) is 9.53 Å². The molecule has 0 radical (unpaired) electrons. The van der Waals surface area contributed by atoms with Crippen LogP contribution in [0.25, 0.3) is 0 Å². The third-order valence-electron chi connectivity index (χ3n) is 3.29. The maximum atomic E-state index is 11.9. The minimum absolute atomic E-state index is 0.0686. The van der Waals surface area contributed by atoms with E-state index in [1.54, 1.807) is 0 Å². The summed E-state index contributed by atoms with van der Waals surface area (Å²) in [5.74, 6) is 0.114. The van der Waals surface area contributed by atoms with Crippen molar-refractivity contribution in [1.82, 2.24) is 5.32 Å². The molecule has 4 nitrogen and oxygen atoms in total. The van der Waals surface area contributed by atoms with Gasteiger partial charge in [-0.15, -0.1) is 0 Å². The van der Waals surface area contributed by atoms with Crippen molar-refractivity contribution in [3.05, 3.63) is 35.9 Å². The molecule has 1 fully saturated rings. The van der Waals surface area contributed by atoms with E-state index in [2.05, 4.69) is 5.32 Å². The SMILES string of the molecule is C[C@@H](NC(=O)C[NH+]1CCOCC1)c1ccccc1. The Balaban J connectivity index is 1.80. The minimum atomic E-state index is 0.0686. The predicted molar refractivity (Wildman–Crippen MR) is 69.4 cm³/mol. The lowest BCUT2D eigenvalue weighted by atomic mass is 10.1. The van der Waals surface area contributed by atoms with Crippen LogP contribution < -0.4 is 10.2 Å². The molecule has 1 aliphatic rings. The number of benzene rings is 1. The number of rotatable bonds is 4. The third kappa shape index (κ3) is 3.82. The summed E-state index contributed by atoms with van der Waals surface area (Å²) in [5.41, 5.74) is 1.14. The van der Waals surface area contributed by atoms with Crippen molar-refractivity contribution in [3.63, 3.8) is 0 Å². The highest BCUT2D eigenvalue weighted by Gasteiger charge is 2.18.